The van der Waals surface area contributed by atoms with E-state index in [2.05, 4.69) is 15.3 Å². The largest absolute Gasteiger partial charge is 0.506 e. The zero-order valence-corrected chi connectivity index (χ0v) is 15.3. The lowest BCUT2D eigenvalue weighted by atomic mass is 10.2. The van der Waals surface area contributed by atoms with Crippen LogP contribution in [0.2, 0.25) is 0 Å². The number of nitrogens with zero attached hydrogens (tertiary/aromatic N) is 2. The van der Waals surface area contributed by atoms with Crippen molar-refractivity contribution in [3.8, 4) is 5.75 Å². The van der Waals surface area contributed by atoms with Crippen molar-refractivity contribution in [2.75, 3.05) is 5.32 Å². The van der Waals surface area contributed by atoms with Crippen molar-refractivity contribution in [2.24, 2.45) is 0 Å². The number of benzene rings is 1. The second-order valence-corrected chi connectivity index (χ2v) is 7.06. The topological polar surface area (TPSA) is 84.3 Å². The Morgan fingerprint density at radius 2 is 2.04 bits per heavy atom. The third-order valence-electron chi connectivity index (χ3n) is 3.66. The van der Waals surface area contributed by atoms with Crippen molar-refractivity contribution in [2.45, 2.75) is 33.8 Å². The number of nitrogens with one attached hydrogen (secondary N) is 1. The molecule has 7 heteroatoms. The van der Waals surface area contributed by atoms with Gasteiger partial charge in [0.15, 0.2) is 0 Å². The Morgan fingerprint density at radius 1 is 1.28 bits per heavy atom. The molecule has 0 saturated carbocycles. The van der Waals surface area contributed by atoms with Crippen LogP contribution in [0.1, 0.15) is 34.6 Å². The molecule has 2 heterocycles. The maximum absolute atomic E-state index is 12.3. The maximum Gasteiger partial charge on any atom is 0.348 e. The van der Waals surface area contributed by atoms with E-state index in [1.807, 2.05) is 33.8 Å². The normalized spacial score (nSPS) is 11.1. The number of esters is 1. The van der Waals surface area contributed by atoms with E-state index in [-0.39, 0.29) is 17.8 Å². The highest BCUT2D eigenvalue weighted by atomic mass is 32.1. The number of aryl methyl sites for hydroxylation is 2. The minimum Gasteiger partial charge on any atom is -0.506 e. The number of thiophene rings is 1. The molecule has 6 nitrogen and oxygen atoms in total. The molecule has 0 aliphatic heterocycles. The molecule has 2 N–H and O–H groups in total. The molecule has 0 unspecified atom stereocenters. The van der Waals surface area contributed by atoms with Crippen LogP contribution < -0.4 is 5.32 Å². The van der Waals surface area contributed by atoms with Gasteiger partial charge in [0.25, 0.3) is 0 Å². The molecule has 1 aromatic carbocycles. The molecule has 0 aliphatic carbocycles. The van der Waals surface area contributed by atoms with Gasteiger partial charge in [0, 0.05) is 0 Å². The fourth-order valence-corrected chi connectivity index (χ4v) is 3.54. The lowest BCUT2D eigenvalue weighted by Crippen LogP contribution is -2.11. The number of aromatic hydroxyl groups is 1. The first-order chi connectivity index (χ1) is 11.9. The summed E-state index contributed by atoms with van der Waals surface area (Å²) in [6, 6.07) is 5.35. The van der Waals surface area contributed by atoms with Crippen LogP contribution in [0.15, 0.2) is 24.5 Å². The monoisotopic (exact) mass is 357 g/mol. The average Bonchev–Trinajstić information content (AvgIpc) is 2.88. The first-order valence-electron chi connectivity index (χ1n) is 7.88. The summed E-state index contributed by atoms with van der Waals surface area (Å²) in [5, 5.41) is 14.0. The molecule has 0 radical (unpaired) electrons. The van der Waals surface area contributed by atoms with E-state index in [0.29, 0.717) is 21.2 Å². The van der Waals surface area contributed by atoms with Crippen LogP contribution in [0.5, 0.6) is 5.75 Å². The number of hydrogen-bond acceptors (Lipinski definition) is 7. The number of rotatable bonds is 4. The van der Waals surface area contributed by atoms with Gasteiger partial charge in [-0.15, -0.1) is 11.3 Å². The summed E-state index contributed by atoms with van der Waals surface area (Å²) in [6.07, 6.45) is 1.24. The summed E-state index contributed by atoms with van der Waals surface area (Å²) < 4.78 is 5.30. The highest BCUT2D eigenvalue weighted by Gasteiger charge is 2.21. The van der Waals surface area contributed by atoms with Crippen LogP contribution in [-0.2, 0) is 4.74 Å². The predicted molar refractivity (Wildman–Crippen MR) is 98.8 cm³/mol. The molecule has 3 aromatic rings. The van der Waals surface area contributed by atoms with Crippen molar-refractivity contribution in [3.63, 3.8) is 0 Å². The Bertz CT molecular complexity index is 950. The summed E-state index contributed by atoms with van der Waals surface area (Å²) in [5.41, 5.74) is 2.27. The van der Waals surface area contributed by atoms with E-state index < -0.39 is 0 Å². The van der Waals surface area contributed by atoms with Crippen LogP contribution in [0.3, 0.4) is 0 Å². The lowest BCUT2D eigenvalue weighted by Gasteiger charge is -2.10. The van der Waals surface area contributed by atoms with Gasteiger partial charge < -0.3 is 15.2 Å². The number of phenols is 1. The molecule has 25 heavy (non-hydrogen) atoms. The molecular formula is C18H19N3O3S. The molecule has 0 atom stereocenters. The van der Waals surface area contributed by atoms with Gasteiger partial charge in [0.1, 0.15) is 27.6 Å². The number of fused-ring (bicyclic) bond motifs is 1. The summed E-state index contributed by atoms with van der Waals surface area (Å²) in [7, 11) is 0. The van der Waals surface area contributed by atoms with E-state index in [4.69, 9.17) is 4.74 Å². The summed E-state index contributed by atoms with van der Waals surface area (Å²) in [5.74, 6) is 0.320. The van der Waals surface area contributed by atoms with E-state index in [1.165, 1.54) is 17.7 Å². The fraction of sp³-hybridized carbons (Fsp3) is 0.278. The Kier molecular flexibility index (Phi) is 4.59. The Morgan fingerprint density at radius 3 is 2.72 bits per heavy atom. The van der Waals surface area contributed by atoms with Gasteiger partial charge in [-0.2, -0.15) is 0 Å². The minimum atomic E-state index is -0.361. The number of phenolic OH excluding ortho intramolecular Hbond substituents is 1. The zero-order valence-electron chi connectivity index (χ0n) is 14.5. The number of anilines is 2. The van der Waals surface area contributed by atoms with Crippen molar-refractivity contribution in [1.82, 2.24) is 9.97 Å². The van der Waals surface area contributed by atoms with Crippen molar-refractivity contribution in [3.05, 3.63) is 40.5 Å². The molecule has 2 aromatic heterocycles. The molecule has 0 fully saturated rings. The molecular weight excluding hydrogens is 338 g/mol. The lowest BCUT2D eigenvalue weighted by molar-refractivity contribution is 0.0383. The fourth-order valence-electron chi connectivity index (χ4n) is 2.50. The number of carbonyl (C=O) groups excluding carboxylic acids is 1. The van der Waals surface area contributed by atoms with Crippen LogP contribution >= 0.6 is 11.3 Å². The van der Waals surface area contributed by atoms with Gasteiger partial charge in [-0.1, -0.05) is 6.07 Å². The summed E-state index contributed by atoms with van der Waals surface area (Å²) >= 11 is 1.28. The number of aromatic nitrogens is 2. The quantitative estimate of drug-likeness (QED) is 0.534. The summed E-state index contributed by atoms with van der Waals surface area (Å²) in [6.45, 7) is 7.38. The molecule has 130 valence electrons. The van der Waals surface area contributed by atoms with Gasteiger partial charge in [-0.25, -0.2) is 14.8 Å². The smallest absolute Gasteiger partial charge is 0.348 e. The van der Waals surface area contributed by atoms with Gasteiger partial charge >= 0.3 is 5.97 Å². The van der Waals surface area contributed by atoms with Gasteiger partial charge in [-0.05, 0) is 51.0 Å². The third kappa shape index (κ3) is 3.41. The summed E-state index contributed by atoms with van der Waals surface area (Å²) in [4.78, 5) is 22.0. The van der Waals surface area contributed by atoms with Crippen LogP contribution in [0.25, 0.3) is 10.2 Å². The molecule has 0 amide bonds. The standard InChI is InChI=1S/C18H19N3O3S/c1-9(2)24-18(23)15-11(4)14-16(19-8-20-17(14)25-15)21-12-6-5-10(3)7-13(12)22/h5-9,22H,1-4H3,(H,19,20,21). The number of hydrogen-bond donors (Lipinski definition) is 2. The SMILES string of the molecule is Cc1ccc(Nc2ncnc3sc(C(=O)OC(C)C)c(C)c23)c(O)c1. The van der Waals surface area contributed by atoms with E-state index in [9.17, 15) is 9.90 Å². The Labute approximate surface area is 149 Å². The van der Waals surface area contributed by atoms with E-state index in [1.54, 1.807) is 12.1 Å². The Balaban J connectivity index is 2.04. The van der Waals surface area contributed by atoms with Crippen molar-refractivity contribution < 1.29 is 14.6 Å². The van der Waals surface area contributed by atoms with Crippen LogP contribution in [-0.4, -0.2) is 27.1 Å². The highest BCUT2D eigenvalue weighted by Crippen LogP contribution is 2.36. The second kappa shape index (κ2) is 6.68. The Hall–Kier alpha value is -2.67. The number of carbonyl (C=O) groups is 1. The molecule has 0 spiro atoms. The molecule has 0 bridgehead atoms. The first-order valence-corrected chi connectivity index (χ1v) is 8.70. The average molecular weight is 357 g/mol. The second-order valence-electron chi connectivity index (χ2n) is 6.06. The van der Waals surface area contributed by atoms with Crippen molar-refractivity contribution >= 4 is 39.0 Å². The minimum absolute atomic E-state index is 0.138. The van der Waals surface area contributed by atoms with E-state index >= 15 is 0 Å². The van der Waals surface area contributed by atoms with Gasteiger partial charge in [0.05, 0.1) is 17.2 Å². The van der Waals surface area contributed by atoms with Crippen LogP contribution in [0, 0.1) is 13.8 Å². The molecule has 0 aliphatic rings. The van der Waals surface area contributed by atoms with Crippen LogP contribution in [0.4, 0.5) is 11.5 Å². The van der Waals surface area contributed by atoms with Gasteiger partial charge in [0.2, 0.25) is 0 Å². The molecule has 3 rings (SSSR count). The maximum atomic E-state index is 12.3. The predicted octanol–water partition coefficient (Wildman–Crippen LogP) is 4.32. The highest BCUT2D eigenvalue weighted by molar-refractivity contribution is 7.20. The van der Waals surface area contributed by atoms with E-state index in [0.717, 1.165) is 16.5 Å². The van der Waals surface area contributed by atoms with Gasteiger partial charge in [-0.3, -0.25) is 0 Å². The first kappa shape index (κ1) is 17.2. The zero-order chi connectivity index (χ0) is 18.1. The third-order valence-corrected chi connectivity index (χ3v) is 4.84. The van der Waals surface area contributed by atoms with Crippen molar-refractivity contribution in [1.29, 1.82) is 0 Å². The number of ether oxygens (including phenoxy) is 1. The molecule has 0 saturated heterocycles.